The summed E-state index contributed by atoms with van der Waals surface area (Å²) in [6.45, 7) is 7.25. The van der Waals surface area contributed by atoms with E-state index in [9.17, 15) is 9.90 Å². The van der Waals surface area contributed by atoms with Crippen LogP contribution >= 0.6 is 0 Å². The summed E-state index contributed by atoms with van der Waals surface area (Å²) < 4.78 is 4.92. The number of ether oxygens (including phenoxy) is 1. The molecule has 6 heteroatoms. The van der Waals surface area contributed by atoms with Crippen LogP contribution in [0.1, 0.15) is 33.5 Å². The quantitative estimate of drug-likeness (QED) is 0.500. The molecule has 0 aliphatic rings. The fourth-order valence-corrected chi connectivity index (χ4v) is 1.24. The molecule has 0 unspecified atom stereocenters. The van der Waals surface area contributed by atoms with Crippen molar-refractivity contribution in [2.24, 2.45) is 5.41 Å². The first-order valence-electron chi connectivity index (χ1n) is 5.61. The van der Waals surface area contributed by atoms with Crippen LogP contribution in [-0.4, -0.2) is 32.6 Å². The number of carbonyl (C=O) groups excluding carboxylic acids is 1. The molecule has 0 aromatic carbocycles. The fourth-order valence-electron chi connectivity index (χ4n) is 1.24. The van der Waals surface area contributed by atoms with Crippen LogP contribution in [0.25, 0.3) is 5.57 Å². The summed E-state index contributed by atoms with van der Waals surface area (Å²) in [6.07, 6.45) is 2.52. The largest absolute Gasteiger partial charge is 0.511 e. The van der Waals surface area contributed by atoms with Gasteiger partial charge in [0.15, 0.2) is 5.82 Å². The Labute approximate surface area is 106 Å². The molecular weight excluding hydrogens is 234 g/mol. The molecule has 6 nitrogen and oxygen atoms in total. The van der Waals surface area contributed by atoms with Gasteiger partial charge in [0.05, 0.1) is 6.61 Å². The minimum Gasteiger partial charge on any atom is -0.511 e. The van der Waals surface area contributed by atoms with E-state index in [4.69, 9.17) is 4.74 Å². The van der Waals surface area contributed by atoms with Crippen LogP contribution in [0, 0.1) is 5.41 Å². The van der Waals surface area contributed by atoms with Gasteiger partial charge in [0.25, 0.3) is 0 Å². The topological polar surface area (TPSA) is 85.2 Å². The Balaban J connectivity index is 3.33. The third-order valence-electron chi connectivity index (χ3n) is 2.14. The summed E-state index contributed by atoms with van der Waals surface area (Å²) in [4.78, 5) is 23.3. The van der Waals surface area contributed by atoms with Crippen LogP contribution < -0.4 is 0 Å². The number of allylic oxidation sites excluding steroid dienone is 1. The van der Waals surface area contributed by atoms with Gasteiger partial charge in [-0.25, -0.2) is 19.7 Å². The van der Waals surface area contributed by atoms with Gasteiger partial charge in [-0.1, -0.05) is 20.8 Å². The second-order valence-corrected chi connectivity index (χ2v) is 4.66. The molecule has 1 rings (SSSR count). The van der Waals surface area contributed by atoms with Crippen LogP contribution in [0.3, 0.4) is 0 Å². The molecule has 0 radical (unpaired) electrons. The number of hydrogen-bond acceptors (Lipinski definition) is 6. The summed E-state index contributed by atoms with van der Waals surface area (Å²) in [5.74, 6) is -0.640. The van der Waals surface area contributed by atoms with Crippen molar-refractivity contribution in [3.8, 4) is 0 Å². The maximum atomic E-state index is 11.9. The van der Waals surface area contributed by atoms with Crippen molar-refractivity contribution in [2.45, 2.75) is 27.7 Å². The molecule has 18 heavy (non-hydrogen) atoms. The first-order valence-corrected chi connectivity index (χ1v) is 5.61. The molecule has 0 aliphatic heterocycles. The summed E-state index contributed by atoms with van der Waals surface area (Å²) in [5, 5.41) is 10.2. The molecule has 0 aliphatic carbocycles. The lowest BCUT2D eigenvalue weighted by Gasteiger charge is -2.20. The van der Waals surface area contributed by atoms with E-state index < -0.39 is 11.4 Å². The Hall–Kier alpha value is -1.98. The van der Waals surface area contributed by atoms with Crippen molar-refractivity contribution in [1.29, 1.82) is 0 Å². The van der Waals surface area contributed by atoms with Crippen LogP contribution in [0.2, 0.25) is 0 Å². The Bertz CT molecular complexity index is 449. The van der Waals surface area contributed by atoms with Gasteiger partial charge in [0.2, 0.25) is 0 Å². The van der Waals surface area contributed by atoms with E-state index in [-0.39, 0.29) is 23.8 Å². The van der Waals surface area contributed by atoms with Crippen molar-refractivity contribution < 1.29 is 14.6 Å². The lowest BCUT2D eigenvalue weighted by molar-refractivity contribution is -0.136. The molecule has 1 N–H and O–H groups in total. The minimum absolute atomic E-state index is 0.0215. The number of nitrogens with zero attached hydrogens (tertiary/aromatic N) is 3. The highest BCUT2D eigenvalue weighted by molar-refractivity contribution is 6.16. The molecule has 1 aromatic rings. The van der Waals surface area contributed by atoms with E-state index in [1.165, 1.54) is 12.7 Å². The average molecular weight is 251 g/mol. The average Bonchev–Trinajstić information content (AvgIpc) is 2.29. The van der Waals surface area contributed by atoms with Crippen molar-refractivity contribution in [2.75, 3.05) is 6.61 Å². The van der Waals surface area contributed by atoms with Crippen molar-refractivity contribution >= 4 is 11.5 Å². The standard InChI is InChI=1S/C12H17N3O3/c1-5-18-11(17)8(9(16)12(2,3)4)10-14-6-13-7-15-10/h6-7,16H,5H2,1-4H3. The molecule has 98 valence electrons. The fraction of sp³-hybridized carbons (Fsp3) is 0.500. The van der Waals surface area contributed by atoms with Gasteiger partial charge in [0.1, 0.15) is 24.0 Å². The van der Waals surface area contributed by atoms with E-state index >= 15 is 0 Å². The third kappa shape index (κ3) is 3.26. The van der Waals surface area contributed by atoms with Gasteiger partial charge < -0.3 is 9.84 Å². The van der Waals surface area contributed by atoms with E-state index in [1.807, 2.05) is 0 Å². The minimum atomic E-state index is -0.642. The Morgan fingerprint density at radius 1 is 1.33 bits per heavy atom. The maximum Gasteiger partial charge on any atom is 0.345 e. The zero-order valence-corrected chi connectivity index (χ0v) is 11.0. The normalized spacial score (nSPS) is 12.9. The molecule has 0 bridgehead atoms. The Morgan fingerprint density at radius 2 is 1.89 bits per heavy atom. The van der Waals surface area contributed by atoms with E-state index in [0.717, 1.165) is 0 Å². The van der Waals surface area contributed by atoms with Gasteiger partial charge in [-0.2, -0.15) is 0 Å². The van der Waals surface area contributed by atoms with Crippen molar-refractivity contribution in [3.63, 3.8) is 0 Å². The lowest BCUT2D eigenvalue weighted by atomic mass is 9.90. The van der Waals surface area contributed by atoms with Gasteiger partial charge in [0, 0.05) is 5.41 Å². The van der Waals surface area contributed by atoms with Crippen molar-refractivity contribution in [3.05, 3.63) is 24.2 Å². The first-order chi connectivity index (χ1) is 8.38. The predicted octanol–water partition coefficient (Wildman–Crippen LogP) is 1.75. The summed E-state index contributed by atoms with van der Waals surface area (Å²) in [5.41, 5.74) is -0.624. The molecule has 0 saturated heterocycles. The number of hydrogen-bond donors (Lipinski definition) is 1. The second-order valence-electron chi connectivity index (χ2n) is 4.66. The Kier molecular flexibility index (Phi) is 4.36. The zero-order chi connectivity index (χ0) is 13.8. The number of aliphatic hydroxyl groups excluding tert-OH is 1. The molecule has 1 heterocycles. The highest BCUT2D eigenvalue weighted by Gasteiger charge is 2.28. The number of esters is 1. The highest BCUT2D eigenvalue weighted by Crippen LogP contribution is 2.29. The molecule has 0 amide bonds. The molecule has 0 atom stereocenters. The van der Waals surface area contributed by atoms with E-state index in [2.05, 4.69) is 15.0 Å². The maximum absolute atomic E-state index is 11.9. The molecule has 0 saturated carbocycles. The van der Waals surface area contributed by atoms with Gasteiger partial charge in [-0.3, -0.25) is 0 Å². The highest BCUT2D eigenvalue weighted by atomic mass is 16.5. The summed E-state index contributed by atoms with van der Waals surface area (Å²) >= 11 is 0. The predicted molar refractivity (Wildman–Crippen MR) is 65.5 cm³/mol. The van der Waals surface area contributed by atoms with E-state index in [1.54, 1.807) is 27.7 Å². The Morgan fingerprint density at radius 3 is 2.33 bits per heavy atom. The van der Waals surface area contributed by atoms with Crippen LogP contribution in [-0.2, 0) is 9.53 Å². The SMILES string of the molecule is CCOC(=O)C(=C(O)C(C)(C)C)c1ncncn1. The van der Waals surface area contributed by atoms with Crippen LogP contribution in [0.5, 0.6) is 0 Å². The lowest BCUT2D eigenvalue weighted by Crippen LogP contribution is -2.18. The van der Waals surface area contributed by atoms with E-state index in [0.29, 0.717) is 0 Å². The van der Waals surface area contributed by atoms with Crippen LogP contribution in [0.4, 0.5) is 0 Å². The number of carbonyl (C=O) groups is 1. The number of aromatic nitrogens is 3. The first kappa shape index (κ1) is 14.1. The molecule has 0 spiro atoms. The monoisotopic (exact) mass is 251 g/mol. The van der Waals surface area contributed by atoms with Crippen molar-refractivity contribution in [1.82, 2.24) is 15.0 Å². The number of rotatable bonds is 3. The second kappa shape index (κ2) is 5.57. The van der Waals surface area contributed by atoms with Gasteiger partial charge in [-0.15, -0.1) is 0 Å². The molecular formula is C12H17N3O3. The summed E-state index contributed by atoms with van der Waals surface area (Å²) in [7, 11) is 0. The molecule has 1 aromatic heterocycles. The van der Waals surface area contributed by atoms with Gasteiger partial charge >= 0.3 is 5.97 Å². The number of aliphatic hydroxyl groups is 1. The third-order valence-corrected chi connectivity index (χ3v) is 2.14. The van der Waals surface area contributed by atoms with Gasteiger partial charge in [-0.05, 0) is 6.92 Å². The molecule has 0 fully saturated rings. The smallest absolute Gasteiger partial charge is 0.345 e. The zero-order valence-electron chi connectivity index (χ0n) is 11.0. The summed E-state index contributed by atoms with van der Waals surface area (Å²) in [6, 6.07) is 0. The van der Waals surface area contributed by atoms with Crippen LogP contribution in [0.15, 0.2) is 18.4 Å².